The van der Waals surface area contributed by atoms with Gasteiger partial charge in [-0.15, -0.1) is 0 Å². The maximum absolute atomic E-state index is 4.58. The summed E-state index contributed by atoms with van der Waals surface area (Å²) < 4.78 is 1.06. The Morgan fingerprint density at radius 1 is 1.43 bits per heavy atom. The van der Waals surface area contributed by atoms with Gasteiger partial charge in [0.15, 0.2) is 0 Å². The van der Waals surface area contributed by atoms with Crippen LogP contribution in [0, 0.1) is 5.92 Å². The molecule has 2 aliphatic rings. The van der Waals surface area contributed by atoms with Crippen molar-refractivity contribution in [2.45, 2.75) is 57.7 Å². The lowest BCUT2D eigenvalue weighted by molar-refractivity contribution is 0.0250. The molecule has 116 valence electrons. The first kappa shape index (κ1) is 15.4. The third-order valence-corrected chi connectivity index (χ3v) is 5.62. The summed E-state index contributed by atoms with van der Waals surface area (Å²) >= 11 is 3.47. The molecular formula is C17H26BrN3. The molecule has 0 aromatic carbocycles. The van der Waals surface area contributed by atoms with Crippen molar-refractivity contribution < 1.29 is 0 Å². The summed E-state index contributed by atoms with van der Waals surface area (Å²) in [5, 5.41) is 3.79. The summed E-state index contributed by atoms with van der Waals surface area (Å²) in [6, 6.07) is 4.88. The van der Waals surface area contributed by atoms with Crippen LogP contribution in [0.5, 0.6) is 0 Å². The van der Waals surface area contributed by atoms with Gasteiger partial charge in [-0.05, 0) is 60.2 Å². The molecule has 2 atom stereocenters. The average Bonchev–Trinajstić information content (AvgIpc) is 3.30. The van der Waals surface area contributed by atoms with E-state index in [1.54, 1.807) is 0 Å². The van der Waals surface area contributed by atoms with Crippen molar-refractivity contribution in [3.8, 4) is 0 Å². The number of nitrogens with zero attached hydrogens (tertiary/aromatic N) is 2. The van der Waals surface area contributed by atoms with Gasteiger partial charge in [0.2, 0.25) is 0 Å². The zero-order valence-electron chi connectivity index (χ0n) is 13.1. The molecule has 2 heterocycles. The highest BCUT2D eigenvalue weighted by Gasteiger charge is 2.48. The molecule has 3 rings (SSSR count). The SMILES string of the molecule is CCCC1CN(Cc2ccc(Br)cn2)C(C)(C2CC2)CN1. The molecule has 0 spiro atoms. The van der Waals surface area contributed by atoms with E-state index in [4.69, 9.17) is 0 Å². The van der Waals surface area contributed by atoms with Crippen LogP contribution in [-0.4, -0.2) is 34.6 Å². The van der Waals surface area contributed by atoms with Crippen molar-refractivity contribution >= 4 is 15.9 Å². The van der Waals surface area contributed by atoms with Crippen LogP contribution in [0.4, 0.5) is 0 Å². The molecule has 0 radical (unpaired) electrons. The molecule has 1 N–H and O–H groups in total. The van der Waals surface area contributed by atoms with Gasteiger partial charge in [-0.2, -0.15) is 0 Å². The second-order valence-electron chi connectivity index (χ2n) is 6.85. The van der Waals surface area contributed by atoms with Crippen LogP contribution in [0.15, 0.2) is 22.8 Å². The van der Waals surface area contributed by atoms with Gasteiger partial charge in [-0.3, -0.25) is 9.88 Å². The molecular weight excluding hydrogens is 326 g/mol. The molecule has 0 amide bonds. The Morgan fingerprint density at radius 3 is 2.86 bits per heavy atom. The molecule has 1 aromatic rings. The molecule has 1 aromatic heterocycles. The van der Waals surface area contributed by atoms with Gasteiger partial charge in [0.1, 0.15) is 0 Å². The minimum atomic E-state index is 0.305. The molecule has 1 aliphatic carbocycles. The maximum atomic E-state index is 4.58. The van der Waals surface area contributed by atoms with E-state index in [-0.39, 0.29) is 0 Å². The minimum Gasteiger partial charge on any atom is -0.311 e. The predicted octanol–water partition coefficient (Wildman–Crippen LogP) is 3.59. The monoisotopic (exact) mass is 351 g/mol. The Morgan fingerprint density at radius 2 is 2.24 bits per heavy atom. The van der Waals surface area contributed by atoms with E-state index >= 15 is 0 Å². The summed E-state index contributed by atoms with van der Waals surface area (Å²) in [5.74, 6) is 0.864. The molecule has 4 heteroatoms. The highest BCUT2D eigenvalue weighted by atomic mass is 79.9. The average molecular weight is 352 g/mol. The Balaban J connectivity index is 1.74. The van der Waals surface area contributed by atoms with E-state index in [1.165, 1.54) is 31.4 Å². The summed E-state index contributed by atoms with van der Waals surface area (Å²) in [5.41, 5.74) is 1.49. The van der Waals surface area contributed by atoms with Crippen molar-refractivity contribution in [2.24, 2.45) is 5.92 Å². The van der Waals surface area contributed by atoms with E-state index in [0.717, 1.165) is 30.0 Å². The van der Waals surface area contributed by atoms with E-state index in [1.807, 2.05) is 6.20 Å². The fourth-order valence-corrected chi connectivity index (χ4v) is 3.83. The van der Waals surface area contributed by atoms with Gasteiger partial charge in [0, 0.05) is 41.9 Å². The van der Waals surface area contributed by atoms with E-state index in [2.05, 4.69) is 57.1 Å². The predicted molar refractivity (Wildman–Crippen MR) is 90.2 cm³/mol. The van der Waals surface area contributed by atoms with Crippen LogP contribution in [0.1, 0.15) is 45.2 Å². The Hall–Kier alpha value is -0.450. The van der Waals surface area contributed by atoms with Crippen molar-refractivity contribution in [1.82, 2.24) is 15.2 Å². The maximum Gasteiger partial charge on any atom is 0.0545 e. The number of pyridine rings is 1. The van der Waals surface area contributed by atoms with Gasteiger partial charge in [-0.1, -0.05) is 13.3 Å². The molecule has 21 heavy (non-hydrogen) atoms. The van der Waals surface area contributed by atoms with Gasteiger partial charge in [-0.25, -0.2) is 0 Å². The fraction of sp³-hybridized carbons (Fsp3) is 0.706. The summed E-state index contributed by atoms with van der Waals surface area (Å²) in [4.78, 5) is 7.27. The number of piperazine rings is 1. The molecule has 1 saturated heterocycles. The largest absolute Gasteiger partial charge is 0.311 e. The highest BCUT2D eigenvalue weighted by Crippen LogP contribution is 2.44. The van der Waals surface area contributed by atoms with Crippen LogP contribution in [-0.2, 0) is 6.54 Å². The number of nitrogens with one attached hydrogen (secondary N) is 1. The van der Waals surface area contributed by atoms with Crippen LogP contribution >= 0.6 is 15.9 Å². The Labute approximate surface area is 136 Å². The fourth-order valence-electron chi connectivity index (χ4n) is 3.59. The Bertz CT molecular complexity index is 471. The second-order valence-corrected chi connectivity index (χ2v) is 7.76. The number of rotatable bonds is 5. The normalized spacial score (nSPS) is 30.5. The highest BCUT2D eigenvalue weighted by molar-refractivity contribution is 9.10. The van der Waals surface area contributed by atoms with Gasteiger partial charge in [0.05, 0.1) is 5.69 Å². The molecule has 2 fully saturated rings. The van der Waals surface area contributed by atoms with Crippen LogP contribution in [0.2, 0.25) is 0 Å². The third-order valence-electron chi connectivity index (χ3n) is 5.15. The summed E-state index contributed by atoms with van der Waals surface area (Å²) in [7, 11) is 0. The first-order valence-electron chi connectivity index (χ1n) is 8.20. The molecule has 1 saturated carbocycles. The zero-order valence-corrected chi connectivity index (χ0v) is 14.7. The lowest BCUT2D eigenvalue weighted by Gasteiger charge is -2.48. The van der Waals surface area contributed by atoms with Crippen LogP contribution < -0.4 is 5.32 Å². The number of aromatic nitrogens is 1. The smallest absolute Gasteiger partial charge is 0.0545 e. The van der Waals surface area contributed by atoms with Crippen LogP contribution in [0.3, 0.4) is 0 Å². The first-order chi connectivity index (χ1) is 10.1. The molecule has 1 aliphatic heterocycles. The van der Waals surface area contributed by atoms with Crippen LogP contribution in [0.25, 0.3) is 0 Å². The third kappa shape index (κ3) is 3.49. The van der Waals surface area contributed by atoms with Crippen molar-refractivity contribution in [2.75, 3.05) is 13.1 Å². The van der Waals surface area contributed by atoms with Crippen molar-refractivity contribution in [3.05, 3.63) is 28.5 Å². The lowest BCUT2D eigenvalue weighted by atomic mass is 9.88. The summed E-state index contributed by atoms with van der Waals surface area (Å²) in [6.07, 6.45) is 7.21. The topological polar surface area (TPSA) is 28.2 Å². The number of hydrogen-bond acceptors (Lipinski definition) is 3. The Kier molecular flexibility index (Phi) is 4.67. The van der Waals surface area contributed by atoms with E-state index in [9.17, 15) is 0 Å². The number of halogens is 1. The first-order valence-corrected chi connectivity index (χ1v) is 9.00. The molecule has 2 unspecified atom stereocenters. The van der Waals surface area contributed by atoms with E-state index < -0.39 is 0 Å². The zero-order chi connectivity index (χ0) is 14.9. The van der Waals surface area contributed by atoms with Gasteiger partial charge in [0.25, 0.3) is 0 Å². The molecule has 3 nitrogen and oxygen atoms in total. The van der Waals surface area contributed by atoms with Crippen molar-refractivity contribution in [1.29, 1.82) is 0 Å². The van der Waals surface area contributed by atoms with E-state index in [0.29, 0.717) is 11.6 Å². The van der Waals surface area contributed by atoms with Crippen molar-refractivity contribution in [3.63, 3.8) is 0 Å². The molecule has 0 bridgehead atoms. The lowest BCUT2D eigenvalue weighted by Crippen LogP contribution is -2.64. The standard InChI is InChI=1S/C17H26BrN3/c1-3-4-15-10-21(11-16-8-7-14(18)9-19-16)17(2,12-20-15)13-5-6-13/h7-9,13,15,20H,3-6,10-12H2,1-2H3. The minimum absolute atomic E-state index is 0.305. The van der Waals surface area contributed by atoms with Gasteiger partial charge >= 0.3 is 0 Å². The quantitative estimate of drug-likeness (QED) is 0.878. The van der Waals surface area contributed by atoms with Gasteiger partial charge < -0.3 is 5.32 Å². The second kappa shape index (κ2) is 6.35. The number of hydrogen-bond donors (Lipinski definition) is 1. The summed E-state index contributed by atoms with van der Waals surface area (Å²) in [6.45, 7) is 7.97.